The minimum atomic E-state index is -0.201. The molecule has 1 aliphatic heterocycles. The first kappa shape index (κ1) is 19.3. The molecule has 0 aliphatic carbocycles. The Balaban J connectivity index is 1.80. The number of benzene rings is 2. The van der Waals surface area contributed by atoms with Gasteiger partial charge in [0.15, 0.2) is 0 Å². The van der Waals surface area contributed by atoms with E-state index in [1.807, 2.05) is 36.4 Å². The lowest BCUT2D eigenvalue weighted by Gasteiger charge is -2.40. The van der Waals surface area contributed by atoms with Gasteiger partial charge in [0.05, 0.1) is 24.5 Å². The molecule has 0 spiro atoms. The van der Waals surface area contributed by atoms with E-state index >= 15 is 0 Å². The molecule has 0 radical (unpaired) electrons. The Morgan fingerprint density at radius 2 is 1.74 bits per heavy atom. The zero-order valence-electron chi connectivity index (χ0n) is 16.2. The summed E-state index contributed by atoms with van der Waals surface area (Å²) >= 11 is 0. The van der Waals surface area contributed by atoms with Crippen molar-refractivity contribution in [3.05, 3.63) is 42.0 Å². The molecule has 6 nitrogen and oxygen atoms in total. The number of nitrogens with zero attached hydrogens (tertiary/aromatic N) is 1. The molecular weight excluding hydrogens is 342 g/mol. The molecule has 3 rings (SSSR count). The number of carbonyl (C=O) groups is 2. The van der Waals surface area contributed by atoms with Crippen LogP contribution >= 0.6 is 0 Å². The highest BCUT2D eigenvalue weighted by molar-refractivity contribution is 6.07. The highest BCUT2D eigenvalue weighted by atomic mass is 16.5. The van der Waals surface area contributed by atoms with E-state index < -0.39 is 0 Å². The van der Waals surface area contributed by atoms with Crippen LogP contribution in [0.2, 0.25) is 0 Å². The molecule has 27 heavy (non-hydrogen) atoms. The van der Waals surface area contributed by atoms with Crippen molar-refractivity contribution in [2.75, 3.05) is 38.2 Å². The monoisotopic (exact) mass is 369 g/mol. The standard InChI is InChI=1S/C21H27N3O3/c1-15(25)23-19-13-17-7-5-4-6-16(17)12-18(19)20(26)22-14-21(2,3)24-8-10-27-11-9-24/h4-7,12-13H,8-11,14H2,1-3H3,(H,22,26)(H,23,25). The normalized spacial score (nSPS) is 15.5. The van der Waals surface area contributed by atoms with E-state index in [1.165, 1.54) is 6.92 Å². The van der Waals surface area contributed by atoms with Crippen molar-refractivity contribution < 1.29 is 14.3 Å². The summed E-state index contributed by atoms with van der Waals surface area (Å²) < 4.78 is 5.41. The van der Waals surface area contributed by atoms with Gasteiger partial charge < -0.3 is 15.4 Å². The van der Waals surface area contributed by atoms with Gasteiger partial charge in [0.1, 0.15) is 0 Å². The Hall–Kier alpha value is -2.44. The molecule has 1 aliphatic rings. The van der Waals surface area contributed by atoms with E-state index in [-0.39, 0.29) is 17.4 Å². The molecule has 0 saturated carbocycles. The van der Waals surface area contributed by atoms with Gasteiger partial charge in [-0.15, -0.1) is 0 Å². The minimum absolute atomic E-state index is 0.176. The van der Waals surface area contributed by atoms with Crippen molar-refractivity contribution >= 4 is 28.3 Å². The van der Waals surface area contributed by atoms with Crippen molar-refractivity contribution in [1.29, 1.82) is 0 Å². The number of nitrogens with one attached hydrogen (secondary N) is 2. The van der Waals surface area contributed by atoms with E-state index in [4.69, 9.17) is 4.74 Å². The second-order valence-corrected chi connectivity index (χ2v) is 7.52. The van der Waals surface area contributed by atoms with Gasteiger partial charge in [-0.05, 0) is 36.8 Å². The SMILES string of the molecule is CC(=O)Nc1cc2ccccc2cc1C(=O)NCC(C)(C)N1CCOCC1. The molecule has 144 valence electrons. The van der Waals surface area contributed by atoms with Gasteiger partial charge in [-0.1, -0.05) is 24.3 Å². The Labute approximate surface area is 159 Å². The molecule has 1 fully saturated rings. The smallest absolute Gasteiger partial charge is 0.253 e. The second kappa shape index (κ2) is 8.06. The van der Waals surface area contributed by atoms with Crippen LogP contribution in [0.15, 0.2) is 36.4 Å². The fourth-order valence-corrected chi connectivity index (χ4v) is 3.39. The van der Waals surface area contributed by atoms with Crippen LogP contribution in [-0.4, -0.2) is 55.1 Å². The molecule has 0 unspecified atom stereocenters. The summed E-state index contributed by atoms with van der Waals surface area (Å²) in [5, 5.41) is 7.76. The van der Waals surface area contributed by atoms with E-state index in [0.29, 0.717) is 31.0 Å². The predicted molar refractivity (Wildman–Crippen MR) is 107 cm³/mol. The number of hydrogen-bond donors (Lipinski definition) is 2. The molecule has 0 bridgehead atoms. The summed E-state index contributed by atoms with van der Waals surface area (Å²) in [4.78, 5) is 26.8. The first-order valence-corrected chi connectivity index (χ1v) is 9.28. The van der Waals surface area contributed by atoms with Gasteiger partial charge in [-0.3, -0.25) is 14.5 Å². The van der Waals surface area contributed by atoms with Crippen molar-refractivity contribution in [3.63, 3.8) is 0 Å². The Bertz CT molecular complexity index is 842. The van der Waals surface area contributed by atoms with Gasteiger partial charge in [-0.25, -0.2) is 0 Å². The topological polar surface area (TPSA) is 70.7 Å². The molecule has 2 amide bonds. The largest absolute Gasteiger partial charge is 0.379 e. The van der Waals surface area contributed by atoms with Crippen LogP contribution in [0.25, 0.3) is 10.8 Å². The zero-order chi connectivity index (χ0) is 19.4. The number of carbonyl (C=O) groups excluding carboxylic acids is 2. The molecule has 6 heteroatoms. The van der Waals surface area contributed by atoms with Crippen molar-refractivity contribution in [2.45, 2.75) is 26.3 Å². The third-order valence-electron chi connectivity index (χ3n) is 4.99. The van der Waals surface area contributed by atoms with Crippen molar-refractivity contribution in [2.24, 2.45) is 0 Å². The fourth-order valence-electron chi connectivity index (χ4n) is 3.39. The molecule has 2 aromatic rings. The van der Waals surface area contributed by atoms with Crippen LogP contribution in [0.4, 0.5) is 5.69 Å². The summed E-state index contributed by atoms with van der Waals surface area (Å²) in [6, 6.07) is 11.5. The lowest BCUT2D eigenvalue weighted by atomic mass is 10.0. The molecule has 0 atom stereocenters. The second-order valence-electron chi connectivity index (χ2n) is 7.52. The first-order valence-electron chi connectivity index (χ1n) is 9.28. The van der Waals surface area contributed by atoms with Gasteiger partial charge >= 0.3 is 0 Å². The van der Waals surface area contributed by atoms with E-state index in [1.54, 1.807) is 0 Å². The molecular formula is C21H27N3O3. The molecule has 1 heterocycles. The van der Waals surface area contributed by atoms with Crippen molar-refractivity contribution in [1.82, 2.24) is 10.2 Å². The average Bonchev–Trinajstić information content (AvgIpc) is 2.66. The summed E-state index contributed by atoms with van der Waals surface area (Å²) in [5.74, 6) is -0.390. The minimum Gasteiger partial charge on any atom is -0.379 e. The number of hydrogen-bond acceptors (Lipinski definition) is 4. The number of fused-ring (bicyclic) bond motifs is 1. The highest BCUT2D eigenvalue weighted by Gasteiger charge is 2.29. The van der Waals surface area contributed by atoms with Gasteiger partial charge in [0.2, 0.25) is 5.91 Å². The van der Waals surface area contributed by atoms with E-state index in [9.17, 15) is 9.59 Å². The van der Waals surface area contributed by atoms with E-state index in [0.717, 1.165) is 23.9 Å². The van der Waals surface area contributed by atoms with Crippen LogP contribution in [0.1, 0.15) is 31.1 Å². The van der Waals surface area contributed by atoms with Gasteiger partial charge in [0.25, 0.3) is 5.91 Å². The Kier molecular flexibility index (Phi) is 5.77. The Morgan fingerprint density at radius 1 is 1.11 bits per heavy atom. The highest BCUT2D eigenvalue weighted by Crippen LogP contribution is 2.25. The van der Waals surface area contributed by atoms with Crippen LogP contribution in [0, 0.1) is 0 Å². The summed E-state index contributed by atoms with van der Waals surface area (Å²) in [6.07, 6.45) is 0. The third kappa shape index (κ3) is 4.64. The summed E-state index contributed by atoms with van der Waals surface area (Å²) in [5.41, 5.74) is 0.828. The van der Waals surface area contributed by atoms with Crippen LogP contribution in [-0.2, 0) is 9.53 Å². The number of ether oxygens (including phenoxy) is 1. The number of anilines is 1. The number of morpholine rings is 1. The maximum atomic E-state index is 12.9. The van der Waals surface area contributed by atoms with Crippen LogP contribution < -0.4 is 10.6 Å². The van der Waals surface area contributed by atoms with Gasteiger partial charge in [-0.2, -0.15) is 0 Å². The lowest BCUT2D eigenvalue weighted by Crippen LogP contribution is -2.55. The van der Waals surface area contributed by atoms with E-state index in [2.05, 4.69) is 29.4 Å². The molecule has 0 aromatic heterocycles. The average molecular weight is 369 g/mol. The Morgan fingerprint density at radius 3 is 2.37 bits per heavy atom. The van der Waals surface area contributed by atoms with Crippen LogP contribution in [0.3, 0.4) is 0 Å². The maximum absolute atomic E-state index is 12.9. The quantitative estimate of drug-likeness (QED) is 0.850. The molecule has 2 N–H and O–H groups in total. The zero-order valence-corrected chi connectivity index (χ0v) is 16.2. The van der Waals surface area contributed by atoms with Gasteiger partial charge in [0, 0.05) is 32.1 Å². The van der Waals surface area contributed by atoms with Crippen molar-refractivity contribution in [3.8, 4) is 0 Å². The lowest BCUT2D eigenvalue weighted by molar-refractivity contribution is -0.114. The summed E-state index contributed by atoms with van der Waals surface area (Å²) in [7, 11) is 0. The maximum Gasteiger partial charge on any atom is 0.253 e. The molecule has 1 saturated heterocycles. The number of amides is 2. The number of rotatable bonds is 5. The first-order chi connectivity index (χ1) is 12.9. The fraction of sp³-hybridized carbons (Fsp3) is 0.429. The summed E-state index contributed by atoms with van der Waals surface area (Å²) in [6.45, 7) is 9.34. The van der Waals surface area contributed by atoms with Crippen LogP contribution in [0.5, 0.6) is 0 Å². The third-order valence-corrected chi connectivity index (χ3v) is 4.99. The predicted octanol–water partition coefficient (Wildman–Crippen LogP) is 2.64. The molecule has 2 aromatic carbocycles.